The van der Waals surface area contributed by atoms with E-state index in [-0.39, 0.29) is 0 Å². The third-order valence-corrected chi connectivity index (χ3v) is 9.56. The molecule has 0 saturated carbocycles. The second-order valence-electron chi connectivity index (χ2n) is 10.5. The number of nitrogens with zero attached hydrogens (tertiary/aromatic N) is 1. The number of fused-ring (bicyclic) bond motifs is 11. The molecule has 0 radical (unpaired) electrons. The van der Waals surface area contributed by atoms with Gasteiger partial charge in [0.2, 0.25) is 0 Å². The third kappa shape index (κ3) is 2.97. The molecular formula is C38H23NS. The molecule has 0 N–H and O–H groups in total. The molecule has 0 spiro atoms. The summed E-state index contributed by atoms with van der Waals surface area (Å²) in [5.41, 5.74) is 6.19. The number of hydrogen-bond acceptors (Lipinski definition) is 1. The molecule has 7 aromatic carbocycles. The predicted octanol–water partition coefficient (Wildman–Crippen LogP) is 11.1. The van der Waals surface area contributed by atoms with E-state index in [4.69, 9.17) is 0 Å². The van der Waals surface area contributed by atoms with Gasteiger partial charge in [0.05, 0.1) is 16.7 Å². The second kappa shape index (κ2) is 8.29. The molecule has 2 aromatic heterocycles. The maximum absolute atomic E-state index is 2.54. The molecule has 40 heavy (non-hydrogen) atoms. The highest BCUT2D eigenvalue weighted by Crippen LogP contribution is 2.48. The summed E-state index contributed by atoms with van der Waals surface area (Å²) in [6.45, 7) is 0. The molecule has 2 heterocycles. The average Bonchev–Trinajstić information content (AvgIpc) is 3.57. The van der Waals surface area contributed by atoms with Crippen LogP contribution in [-0.2, 0) is 0 Å². The molecule has 0 aliphatic carbocycles. The summed E-state index contributed by atoms with van der Waals surface area (Å²) < 4.78 is 5.24. The Hall–Kier alpha value is -4.92. The molecule has 0 unspecified atom stereocenters. The van der Waals surface area contributed by atoms with Crippen LogP contribution in [-0.4, -0.2) is 4.57 Å². The second-order valence-corrected chi connectivity index (χ2v) is 11.6. The van der Waals surface area contributed by atoms with E-state index in [9.17, 15) is 0 Å². The first-order chi connectivity index (χ1) is 19.9. The molecule has 0 aliphatic rings. The molecular weight excluding hydrogens is 502 g/mol. The summed E-state index contributed by atoms with van der Waals surface area (Å²) >= 11 is 1.91. The van der Waals surface area contributed by atoms with Crippen LogP contribution in [0.4, 0.5) is 0 Å². The number of rotatable bonds is 2. The fraction of sp³-hybridized carbons (Fsp3) is 0. The Morgan fingerprint density at radius 2 is 1.15 bits per heavy atom. The summed E-state index contributed by atoms with van der Waals surface area (Å²) in [7, 11) is 0. The van der Waals surface area contributed by atoms with Crippen molar-refractivity contribution in [1.29, 1.82) is 0 Å². The smallest absolute Gasteiger partial charge is 0.0627 e. The lowest BCUT2D eigenvalue weighted by molar-refractivity contribution is 1.21. The van der Waals surface area contributed by atoms with Gasteiger partial charge in [-0.1, -0.05) is 121 Å². The van der Waals surface area contributed by atoms with E-state index >= 15 is 0 Å². The van der Waals surface area contributed by atoms with E-state index in [0.29, 0.717) is 0 Å². The summed E-state index contributed by atoms with van der Waals surface area (Å²) in [6.07, 6.45) is 0. The topological polar surface area (TPSA) is 4.93 Å². The third-order valence-electron chi connectivity index (χ3n) is 8.36. The molecule has 186 valence electrons. The Balaban J connectivity index is 1.59. The summed E-state index contributed by atoms with van der Waals surface area (Å²) in [6, 6.07) is 51.0. The minimum absolute atomic E-state index is 1.22. The van der Waals surface area contributed by atoms with Crippen LogP contribution in [0.25, 0.3) is 80.3 Å². The van der Waals surface area contributed by atoms with Crippen molar-refractivity contribution in [2.75, 3.05) is 0 Å². The number of aromatic nitrogens is 1. The molecule has 0 bridgehead atoms. The molecule has 2 heteroatoms. The number of benzene rings is 7. The lowest BCUT2D eigenvalue weighted by Gasteiger charge is -2.14. The van der Waals surface area contributed by atoms with Crippen molar-refractivity contribution in [3.63, 3.8) is 0 Å². The maximum Gasteiger partial charge on any atom is 0.0627 e. The van der Waals surface area contributed by atoms with Gasteiger partial charge in [-0.05, 0) is 34.7 Å². The zero-order valence-electron chi connectivity index (χ0n) is 21.6. The Kier molecular flexibility index (Phi) is 4.55. The number of thiophene rings is 1. The lowest BCUT2D eigenvalue weighted by Crippen LogP contribution is -1.96. The van der Waals surface area contributed by atoms with Crippen LogP contribution in [0.3, 0.4) is 0 Å². The summed E-state index contributed by atoms with van der Waals surface area (Å²) in [4.78, 5) is 0. The SMILES string of the molecule is c1ccc(-c2ccc3c4c5c6ccccc6sc5c5ccccc5c4n(-c4cccc5ccccc45)c3c2)cc1. The van der Waals surface area contributed by atoms with Gasteiger partial charge in [0.25, 0.3) is 0 Å². The van der Waals surface area contributed by atoms with Gasteiger partial charge in [0.1, 0.15) is 0 Å². The number of hydrogen-bond donors (Lipinski definition) is 0. The minimum Gasteiger partial charge on any atom is -0.308 e. The van der Waals surface area contributed by atoms with Crippen LogP contribution >= 0.6 is 11.3 Å². The standard InChI is InChI=1S/C38H23NS/c1-2-11-24(12-3-1)26-21-22-30-33(23-26)39(32-19-10-14-25-13-4-5-15-27(25)32)37-28-16-6-7-17-29(28)38-36(35(30)37)31-18-8-9-20-34(31)40-38/h1-23H. The summed E-state index contributed by atoms with van der Waals surface area (Å²) in [5.74, 6) is 0. The van der Waals surface area contributed by atoms with Gasteiger partial charge in [-0.2, -0.15) is 0 Å². The quantitative estimate of drug-likeness (QED) is 0.211. The van der Waals surface area contributed by atoms with Gasteiger partial charge in [0.15, 0.2) is 0 Å². The molecule has 9 rings (SSSR count). The van der Waals surface area contributed by atoms with Crippen LogP contribution in [0.5, 0.6) is 0 Å². The Bertz CT molecular complexity index is 2420. The van der Waals surface area contributed by atoms with Crippen LogP contribution in [0.15, 0.2) is 140 Å². The van der Waals surface area contributed by atoms with Crippen molar-refractivity contribution < 1.29 is 0 Å². The maximum atomic E-state index is 2.54. The van der Waals surface area contributed by atoms with Gasteiger partial charge in [0, 0.05) is 47.1 Å². The van der Waals surface area contributed by atoms with E-state index < -0.39 is 0 Å². The van der Waals surface area contributed by atoms with E-state index in [1.54, 1.807) is 0 Å². The van der Waals surface area contributed by atoms with Crippen LogP contribution < -0.4 is 0 Å². The van der Waals surface area contributed by atoms with Gasteiger partial charge >= 0.3 is 0 Å². The van der Waals surface area contributed by atoms with Gasteiger partial charge in [-0.25, -0.2) is 0 Å². The Morgan fingerprint density at radius 1 is 0.450 bits per heavy atom. The van der Waals surface area contributed by atoms with E-state index in [2.05, 4.69) is 144 Å². The summed E-state index contributed by atoms with van der Waals surface area (Å²) in [5, 5.41) is 10.5. The first-order valence-electron chi connectivity index (χ1n) is 13.7. The van der Waals surface area contributed by atoms with Crippen molar-refractivity contribution >= 4 is 74.9 Å². The molecule has 0 fully saturated rings. The molecule has 0 saturated heterocycles. The Morgan fingerprint density at radius 3 is 2.02 bits per heavy atom. The van der Waals surface area contributed by atoms with E-state index in [1.807, 2.05) is 11.3 Å². The zero-order valence-corrected chi connectivity index (χ0v) is 22.5. The van der Waals surface area contributed by atoms with E-state index in [0.717, 1.165) is 0 Å². The first kappa shape index (κ1) is 22.0. The van der Waals surface area contributed by atoms with Crippen molar-refractivity contribution in [3.05, 3.63) is 140 Å². The lowest BCUT2D eigenvalue weighted by atomic mass is 9.98. The first-order valence-corrected chi connectivity index (χ1v) is 14.5. The van der Waals surface area contributed by atoms with Gasteiger partial charge in [-0.15, -0.1) is 11.3 Å². The van der Waals surface area contributed by atoms with Crippen molar-refractivity contribution in [2.45, 2.75) is 0 Å². The highest BCUT2D eigenvalue weighted by Gasteiger charge is 2.22. The van der Waals surface area contributed by atoms with Crippen molar-refractivity contribution in [3.8, 4) is 16.8 Å². The normalized spacial score (nSPS) is 12.0. The fourth-order valence-corrected chi connectivity index (χ4v) is 7.88. The van der Waals surface area contributed by atoms with Crippen LogP contribution in [0.2, 0.25) is 0 Å². The molecule has 9 aromatic rings. The predicted molar refractivity (Wildman–Crippen MR) is 174 cm³/mol. The van der Waals surface area contributed by atoms with Gasteiger partial charge < -0.3 is 4.57 Å². The Labute approximate surface area is 235 Å². The molecule has 0 atom stereocenters. The van der Waals surface area contributed by atoms with Crippen LogP contribution in [0.1, 0.15) is 0 Å². The van der Waals surface area contributed by atoms with E-state index in [1.165, 1.54) is 80.3 Å². The monoisotopic (exact) mass is 525 g/mol. The molecule has 1 nitrogen and oxygen atoms in total. The highest BCUT2D eigenvalue weighted by atomic mass is 32.1. The average molecular weight is 526 g/mol. The molecule has 0 amide bonds. The molecule has 0 aliphatic heterocycles. The van der Waals surface area contributed by atoms with Gasteiger partial charge in [-0.3, -0.25) is 0 Å². The minimum atomic E-state index is 1.22. The van der Waals surface area contributed by atoms with Crippen molar-refractivity contribution in [1.82, 2.24) is 4.57 Å². The van der Waals surface area contributed by atoms with Crippen molar-refractivity contribution in [2.24, 2.45) is 0 Å². The fourth-order valence-electron chi connectivity index (χ4n) is 6.63. The van der Waals surface area contributed by atoms with Crippen LogP contribution in [0, 0.1) is 0 Å². The zero-order chi connectivity index (χ0) is 26.2. The largest absolute Gasteiger partial charge is 0.308 e. The highest BCUT2D eigenvalue weighted by molar-refractivity contribution is 7.27.